The Kier molecular flexibility index (Phi) is 7.74. The lowest BCUT2D eigenvalue weighted by Gasteiger charge is -2.39. The van der Waals surface area contributed by atoms with Gasteiger partial charge in [0, 0.05) is 43.3 Å². The molecule has 1 aliphatic heterocycles. The summed E-state index contributed by atoms with van der Waals surface area (Å²) in [7, 11) is 0. The van der Waals surface area contributed by atoms with Gasteiger partial charge >= 0.3 is 5.97 Å². The number of aliphatic carboxylic acids is 1. The highest BCUT2D eigenvalue weighted by molar-refractivity contribution is 5.99. The molecule has 0 saturated carbocycles. The lowest BCUT2D eigenvalue weighted by atomic mass is 10.0. The largest absolute Gasteiger partial charge is 0.481 e. The first-order valence-corrected chi connectivity index (χ1v) is 13.8. The van der Waals surface area contributed by atoms with Gasteiger partial charge in [-0.15, -0.1) is 0 Å². The molecule has 3 aromatic carbocycles. The average Bonchev–Trinajstić information content (AvgIpc) is 3.25. The number of imidazole rings is 1. The molecule has 0 radical (unpaired) electrons. The number of nitrogens with two attached hydrogens (primary N) is 1. The van der Waals surface area contributed by atoms with Crippen LogP contribution in [0.1, 0.15) is 49.6 Å². The predicted octanol–water partition coefficient (Wildman–Crippen LogP) is 4.49. The predicted molar refractivity (Wildman–Crippen MR) is 161 cm³/mol. The third kappa shape index (κ3) is 5.91. The molecule has 1 fully saturated rings. The third-order valence-electron chi connectivity index (χ3n) is 7.88. The number of piperidine rings is 1. The molecular formula is C31H35N7O3. The van der Waals surface area contributed by atoms with Crippen molar-refractivity contribution in [3.63, 3.8) is 0 Å². The number of aromatic nitrogens is 2. The van der Waals surface area contributed by atoms with Gasteiger partial charge in [-0.3, -0.25) is 20.4 Å². The summed E-state index contributed by atoms with van der Waals surface area (Å²) in [5.74, 6) is 0.174. The number of amidine groups is 2. The molecule has 0 atom stereocenters. The number of amides is 1. The number of aryl methyl sites for hydroxylation is 1. The zero-order valence-electron chi connectivity index (χ0n) is 23.4. The minimum atomic E-state index is -0.998. The van der Waals surface area contributed by atoms with Crippen LogP contribution in [0.15, 0.2) is 54.6 Å². The number of carboxylic acid groups (broad SMARTS) is 1. The molecule has 0 aliphatic carbocycles. The summed E-state index contributed by atoms with van der Waals surface area (Å²) in [6.07, 6.45) is 1.10. The third-order valence-corrected chi connectivity index (χ3v) is 7.88. The van der Waals surface area contributed by atoms with Crippen molar-refractivity contribution >= 4 is 51.0 Å². The molecule has 10 nitrogen and oxygen atoms in total. The molecule has 1 aliphatic rings. The van der Waals surface area contributed by atoms with Gasteiger partial charge in [-0.1, -0.05) is 24.3 Å². The van der Waals surface area contributed by atoms with E-state index in [1.54, 1.807) is 11.8 Å². The molecule has 0 bridgehead atoms. The Hall–Kier alpha value is -4.73. The number of carbonyl (C=O) groups is 2. The van der Waals surface area contributed by atoms with E-state index in [9.17, 15) is 14.7 Å². The van der Waals surface area contributed by atoms with Crippen LogP contribution < -0.4 is 10.6 Å². The number of fused-ring (bicyclic) bond motifs is 2. The number of carboxylic acids is 1. The van der Waals surface area contributed by atoms with E-state index in [0.29, 0.717) is 43.9 Å². The number of rotatable bonds is 8. The number of benzene rings is 3. The van der Waals surface area contributed by atoms with Crippen molar-refractivity contribution in [2.24, 2.45) is 5.73 Å². The maximum Gasteiger partial charge on any atom is 0.303 e. The van der Waals surface area contributed by atoms with Crippen LogP contribution in [-0.4, -0.2) is 62.2 Å². The van der Waals surface area contributed by atoms with E-state index in [1.807, 2.05) is 48.2 Å². The van der Waals surface area contributed by atoms with Gasteiger partial charge in [0.2, 0.25) is 5.91 Å². The van der Waals surface area contributed by atoms with Crippen LogP contribution >= 0.6 is 0 Å². The quantitative estimate of drug-likeness (QED) is 0.186. The van der Waals surface area contributed by atoms with Crippen LogP contribution in [0.5, 0.6) is 0 Å². The summed E-state index contributed by atoms with van der Waals surface area (Å²) in [6, 6.07) is 17.7. The van der Waals surface area contributed by atoms with Gasteiger partial charge in [-0.2, -0.15) is 0 Å². The van der Waals surface area contributed by atoms with Gasteiger partial charge < -0.3 is 25.2 Å². The number of anilines is 1. The van der Waals surface area contributed by atoms with E-state index in [2.05, 4.69) is 22.8 Å². The van der Waals surface area contributed by atoms with Crippen LogP contribution in [0.2, 0.25) is 0 Å². The number of carbonyl (C=O) groups excluding carboxylic acids is 1. The molecule has 1 amide bonds. The summed E-state index contributed by atoms with van der Waals surface area (Å²) in [5.41, 5.74) is 9.88. The second kappa shape index (κ2) is 11.4. The maximum atomic E-state index is 13.4. The van der Waals surface area contributed by atoms with Crippen LogP contribution in [0.4, 0.5) is 5.69 Å². The number of nitrogens with one attached hydrogen (secondary N) is 2. The fraction of sp³-hybridized carbons (Fsp3) is 0.323. The second-order valence-corrected chi connectivity index (χ2v) is 10.7. The van der Waals surface area contributed by atoms with Gasteiger partial charge in [0.1, 0.15) is 11.7 Å². The molecule has 212 valence electrons. The van der Waals surface area contributed by atoms with Crippen molar-refractivity contribution in [1.82, 2.24) is 14.5 Å². The van der Waals surface area contributed by atoms with Gasteiger partial charge in [0.15, 0.2) is 0 Å². The Labute approximate surface area is 238 Å². The van der Waals surface area contributed by atoms with E-state index in [-0.39, 0.29) is 30.6 Å². The molecule has 10 heteroatoms. The van der Waals surface area contributed by atoms with Crippen molar-refractivity contribution in [2.75, 3.05) is 18.0 Å². The van der Waals surface area contributed by atoms with Crippen molar-refractivity contribution < 1.29 is 14.7 Å². The van der Waals surface area contributed by atoms with Gasteiger partial charge in [0.05, 0.1) is 23.3 Å². The van der Waals surface area contributed by atoms with Crippen LogP contribution in [-0.2, 0) is 16.1 Å². The first-order chi connectivity index (χ1) is 19.6. The second-order valence-electron chi connectivity index (χ2n) is 10.7. The molecule has 4 aromatic rings. The Bertz CT molecular complexity index is 1670. The normalized spacial score (nSPS) is 14.0. The lowest BCUT2D eigenvalue weighted by molar-refractivity contribution is -0.138. The summed E-state index contributed by atoms with van der Waals surface area (Å²) >= 11 is 0. The van der Waals surface area contributed by atoms with E-state index < -0.39 is 5.97 Å². The van der Waals surface area contributed by atoms with Gasteiger partial charge in [-0.25, -0.2) is 4.98 Å². The fourth-order valence-electron chi connectivity index (χ4n) is 5.68. The summed E-state index contributed by atoms with van der Waals surface area (Å²) < 4.78 is 2.12. The highest BCUT2D eigenvalue weighted by atomic mass is 16.4. The number of nitrogens with zero attached hydrogens (tertiary/aromatic N) is 4. The Balaban J connectivity index is 1.49. The average molecular weight is 554 g/mol. The number of hydrogen-bond donors (Lipinski definition) is 4. The standard InChI is InChI=1S/C31H35N7O3/c1-19(32)36-13-11-25(12-14-36)38(29(39)9-10-30(40)41)26-7-8-27-28(17-26)37(20(2)35-27)18-21-3-4-22-5-6-23(31(33)34)16-24(22)15-21/h3-8,15-17,25,32H,9-14,18H2,1-2H3,(H3,33,34)(H,40,41). The Morgan fingerprint density at radius 3 is 2.44 bits per heavy atom. The molecule has 0 unspecified atom stereocenters. The monoisotopic (exact) mass is 553 g/mol. The SMILES string of the molecule is CC(=N)N1CCC(N(C(=O)CCC(=O)O)c2ccc3nc(C)n(Cc4ccc5ccc(C(=N)N)cc5c4)c3c2)CC1. The number of nitrogen functional groups attached to an aromatic ring is 1. The Morgan fingerprint density at radius 1 is 1.02 bits per heavy atom. The van der Waals surface area contributed by atoms with Crippen LogP contribution in [0.25, 0.3) is 21.8 Å². The zero-order chi connectivity index (χ0) is 29.3. The van der Waals surface area contributed by atoms with Crippen molar-refractivity contribution in [1.29, 1.82) is 10.8 Å². The molecule has 1 saturated heterocycles. The minimum absolute atomic E-state index is 0.0300. The molecule has 1 aromatic heterocycles. The first kappa shape index (κ1) is 27.8. The molecule has 2 heterocycles. The van der Waals surface area contributed by atoms with Crippen molar-refractivity contribution in [2.45, 2.75) is 52.1 Å². The lowest BCUT2D eigenvalue weighted by Crippen LogP contribution is -2.48. The number of hydrogen-bond acceptors (Lipinski definition) is 5. The summed E-state index contributed by atoms with van der Waals surface area (Å²) in [4.78, 5) is 33.2. The zero-order valence-corrected chi connectivity index (χ0v) is 23.4. The first-order valence-electron chi connectivity index (χ1n) is 13.8. The summed E-state index contributed by atoms with van der Waals surface area (Å²) in [6.45, 7) is 5.64. The van der Waals surface area contributed by atoms with E-state index in [1.165, 1.54) is 0 Å². The summed E-state index contributed by atoms with van der Waals surface area (Å²) in [5, 5.41) is 27.0. The highest BCUT2D eigenvalue weighted by Gasteiger charge is 2.30. The molecule has 5 N–H and O–H groups in total. The molecular weight excluding hydrogens is 518 g/mol. The topological polar surface area (TPSA) is 152 Å². The maximum absolute atomic E-state index is 13.4. The smallest absolute Gasteiger partial charge is 0.303 e. The molecule has 5 rings (SSSR count). The van der Waals surface area contributed by atoms with Crippen molar-refractivity contribution in [3.8, 4) is 0 Å². The highest BCUT2D eigenvalue weighted by Crippen LogP contribution is 2.30. The molecule has 0 spiro atoms. The Morgan fingerprint density at radius 2 is 1.76 bits per heavy atom. The van der Waals surface area contributed by atoms with Gasteiger partial charge in [0.25, 0.3) is 0 Å². The fourth-order valence-corrected chi connectivity index (χ4v) is 5.68. The van der Waals surface area contributed by atoms with E-state index >= 15 is 0 Å². The van der Waals surface area contributed by atoms with Gasteiger partial charge in [-0.05, 0) is 73.4 Å². The van der Waals surface area contributed by atoms with E-state index in [0.717, 1.165) is 38.9 Å². The van der Waals surface area contributed by atoms with Crippen LogP contribution in [0.3, 0.4) is 0 Å². The van der Waals surface area contributed by atoms with Crippen molar-refractivity contribution in [3.05, 3.63) is 71.5 Å². The van der Waals surface area contributed by atoms with E-state index in [4.69, 9.17) is 21.5 Å². The van der Waals surface area contributed by atoms with Crippen LogP contribution in [0, 0.1) is 17.7 Å². The molecule has 41 heavy (non-hydrogen) atoms. The minimum Gasteiger partial charge on any atom is -0.481 e. The number of likely N-dealkylation sites (tertiary alicyclic amines) is 1.